The van der Waals surface area contributed by atoms with E-state index in [9.17, 15) is 4.79 Å². The standard InChI is InChI=1S/C11H17NO/c1-3-11(13)12-10-7-5-4-6-9(2)8-10/h3,6,10H,1,4-5,7-8H2,2H3,(H,12,13). The first-order valence-corrected chi connectivity index (χ1v) is 4.81. The summed E-state index contributed by atoms with van der Waals surface area (Å²) in [7, 11) is 0. The highest BCUT2D eigenvalue weighted by Gasteiger charge is 2.12. The van der Waals surface area contributed by atoms with E-state index >= 15 is 0 Å². The molecule has 0 saturated carbocycles. The molecule has 0 spiro atoms. The Kier molecular flexibility index (Phi) is 3.74. The van der Waals surface area contributed by atoms with Crippen molar-refractivity contribution < 1.29 is 4.79 Å². The van der Waals surface area contributed by atoms with Crippen molar-refractivity contribution in [1.29, 1.82) is 0 Å². The zero-order valence-electron chi connectivity index (χ0n) is 8.18. The van der Waals surface area contributed by atoms with Crippen LogP contribution in [0.25, 0.3) is 0 Å². The van der Waals surface area contributed by atoms with Crippen LogP contribution in [-0.4, -0.2) is 11.9 Å². The van der Waals surface area contributed by atoms with Gasteiger partial charge in [0.25, 0.3) is 0 Å². The molecule has 0 aliphatic heterocycles. The highest BCUT2D eigenvalue weighted by atomic mass is 16.1. The first-order valence-electron chi connectivity index (χ1n) is 4.81. The molecule has 0 fully saturated rings. The number of carbonyl (C=O) groups is 1. The molecule has 1 aliphatic rings. The van der Waals surface area contributed by atoms with Crippen LogP contribution in [0, 0.1) is 0 Å². The van der Waals surface area contributed by atoms with Gasteiger partial charge in [0.05, 0.1) is 0 Å². The number of carbonyl (C=O) groups excluding carboxylic acids is 1. The van der Waals surface area contributed by atoms with Crippen molar-refractivity contribution in [3.8, 4) is 0 Å². The summed E-state index contributed by atoms with van der Waals surface area (Å²) in [5, 5.41) is 2.94. The van der Waals surface area contributed by atoms with Crippen LogP contribution in [0.1, 0.15) is 32.6 Å². The zero-order valence-corrected chi connectivity index (χ0v) is 8.18. The Balaban J connectivity index is 2.45. The molecule has 0 bridgehead atoms. The maximum absolute atomic E-state index is 11.1. The second-order valence-electron chi connectivity index (χ2n) is 3.60. The number of hydrogen-bond donors (Lipinski definition) is 1. The highest BCUT2D eigenvalue weighted by Crippen LogP contribution is 2.17. The Labute approximate surface area is 79.7 Å². The monoisotopic (exact) mass is 179 g/mol. The summed E-state index contributed by atoms with van der Waals surface area (Å²) < 4.78 is 0. The van der Waals surface area contributed by atoms with Crippen LogP contribution in [0.4, 0.5) is 0 Å². The fourth-order valence-electron chi connectivity index (χ4n) is 1.67. The van der Waals surface area contributed by atoms with Gasteiger partial charge in [-0.3, -0.25) is 4.79 Å². The van der Waals surface area contributed by atoms with Gasteiger partial charge in [0, 0.05) is 6.04 Å². The van der Waals surface area contributed by atoms with Crippen molar-refractivity contribution in [1.82, 2.24) is 5.32 Å². The van der Waals surface area contributed by atoms with Gasteiger partial charge in [0.2, 0.25) is 5.91 Å². The van der Waals surface area contributed by atoms with E-state index in [1.807, 2.05) is 0 Å². The third kappa shape index (κ3) is 3.45. The molecule has 0 aromatic rings. The van der Waals surface area contributed by atoms with E-state index in [0.717, 1.165) is 19.3 Å². The number of allylic oxidation sites excluding steroid dienone is 1. The minimum atomic E-state index is -0.0558. The van der Waals surface area contributed by atoms with Crippen molar-refractivity contribution in [3.63, 3.8) is 0 Å². The Morgan fingerprint density at radius 1 is 1.77 bits per heavy atom. The molecule has 0 aromatic heterocycles. The third-order valence-electron chi connectivity index (χ3n) is 2.35. The maximum atomic E-state index is 11.1. The van der Waals surface area contributed by atoms with Crippen molar-refractivity contribution >= 4 is 5.91 Å². The summed E-state index contributed by atoms with van der Waals surface area (Å²) in [5.41, 5.74) is 1.38. The van der Waals surface area contributed by atoms with E-state index in [1.54, 1.807) is 0 Å². The molecule has 0 aromatic carbocycles. The zero-order chi connectivity index (χ0) is 9.68. The molecule has 1 atom stereocenters. The van der Waals surface area contributed by atoms with Crippen LogP contribution in [0.5, 0.6) is 0 Å². The summed E-state index contributed by atoms with van der Waals surface area (Å²) in [4.78, 5) is 11.1. The highest BCUT2D eigenvalue weighted by molar-refractivity contribution is 5.87. The van der Waals surface area contributed by atoms with Crippen molar-refractivity contribution in [2.75, 3.05) is 0 Å². The fraction of sp³-hybridized carbons (Fsp3) is 0.545. The largest absolute Gasteiger partial charge is 0.350 e. The average molecular weight is 179 g/mol. The topological polar surface area (TPSA) is 29.1 Å². The Hall–Kier alpha value is -1.05. The van der Waals surface area contributed by atoms with Crippen LogP contribution < -0.4 is 5.32 Å². The smallest absolute Gasteiger partial charge is 0.243 e. The summed E-state index contributed by atoms with van der Waals surface area (Å²) in [6.45, 7) is 5.57. The normalized spacial score (nSPS) is 22.8. The van der Waals surface area contributed by atoms with E-state index in [4.69, 9.17) is 0 Å². The number of amides is 1. The quantitative estimate of drug-likeness (QED) is 0.511. The Bertz CT molecular complexity index is 230. The summed E-state index contributed by atoms with van der Waals surface area (Å²) in [6, 6.07) is 0.309. The van der Waals surface area contributed by atoms with Crippen LogP contribution in [0.2, 0.25) is 0 Å². The number of nitrogens with one attached hydrogen (secondary N) is 1. The fourth-order valence-corrected chi connectivity index (χ4v) is 1.67. The minimum Gasteiger partial charge on any atom is -0.350 e. The van der Waals surface area contributed by atoms with Crippen LogP contribution >= 0.6 is 0 Å². The number of rotatable bonds is 2. The average Bonchev–Trinajstić information content (AvgIpc) is 2.30. The lowest BCUT2D eigenvalue weighted by Gasteiger charge is -2.15. The molecule has 1 unspecified atom stereocenters. The Morgan fingerprint density at radius 3 is 3.23 bits per heavy atom. The molecular weight excluding hydrogens is 162 g/mol. The van der Waals surface area contributed by atoms with Crippen molar-refractivity contribution in [2.24, 2.45) is 0 Å². The van der Waals surface area contributed by atoms with E-state index < -0.39 is 0 Å². The predicted octanol–water partition coefficient (Wildman–Crippen LogP) is 2.18. The van der Waals surface area contributed by atoms with E-state index in [2.05, 4.69) is 24.9 Å². The molecule has 0 saturated heterocycles. The lowest BCUT2D eigenvalue weighted by Crippen LogP contribution is -2.33. The second-order valence-corrected chi connectivity index (χ2v) is 3.60. The Morgan fingerprint density at radius 2 is 2.54 bits per heavy atom. The van der Waals surface area contributed by atoms with Gasteiger partial charge in [0.1, 0.15) is 0 Å². The number of hydrogen-bond acceptors (Lipinski definition) is 1. The van der Waals surface area contributed by atoms with Gasteiger partial charge in [0.15, 0.2) is 0 Å². The molecule has 1 rings (SSSR count). The van der Waals surface area contributed by atoms with Gasteiger partial charge < -0.3 is 5.32 Å². The van der Waals surface area contributed by atoms with Crippen molar-refractivity contribution in [3.05, 3.63) is 24.3 Å². The first-order chi connectivity index (χ1) is 6.22. The van der Waals surface area contributed by atoms with E-state index in [1.165, 1.54) is 18.1 Å². The predicted molar refractivity (Wildman–Crippen MR) is 54.4 cm³/mol. The summed E-state index contributed by atoms with van der Waals surface area (Å²) in [6.07, 6.45) is 7.97. The van der Waals surface area contributed by atoms with Gasteiger partial charge >= 0.3 is 0 Å². The minimum absolute atomic E-state index is 0.0558. The lowest BCUT2D eigenvalue weighted by atomic mass is 10.1. The molecule has 72 valence electrons. The summed E-state index contributed by atoms with van der Waals surface area (Å²) >= 11 is 0. The van der Waals surface area contributed by atoms with Crippen LogP contribution in [0.3, 0.4) is 0 Å². The van der Waals surface area contributed by atoms with Crippen molar-refractivity contribution in [2.45, 2.75) is 38.6 Å². The van der Waals surface area contributed by atoms with E-state index in [0.29, 0.717) is 6.04 Å². The van der Waals surface area contributed by atoms with Crippen LogP contribution in [-0.2, 0) is 4.79 Å². The van der Waals surface area contributed by atoms with Gasteiger partial charge in [-0.2, -0.15) is 0 Å². The van der Waals surface area contributed by atoms with E-state index in [-0.39, 0.29) is 5.91 Å². The SMILES string of the molecule is C=CC(=O)NC1CCCC=C(C)C1. The molecule has 1 aliphatic carbocycles. The van der Waals surface area contributed by atoms with Gasteiger partial charge in [-0.05, 0) is 38.7 Å². The molecule has 0 radical (unpaired) electrons. The maximum Gasteiger partial charge on any atom is 0.243 e. The first kappa shape index (κ1) is 10.0. The summed E-state index contributed by atoms with van der Waals surface area (Å²) in [5.74, 6) is -0.0558. The molecule has 2 nitrogen and oxygen atoms in total. The second kappa shape index (κ2) is 4.85. The molecule has 13 heavy (non-hydrogen) atoms. The van der Waals surface area contributed by atoms with Gasteiger partial charge in [-0.15, -0.1) is 0 Å². The third-order valence-corrected chi connectivity index (χ3v) is 2.35. The molecule has 0 heterocycles. The van der Waals surface area contributed by atoms with Gasteiger partial charge in [-0.25, -0.2) is 0 Å². The lowest BCUT2D eigenvalue weighted by molar-refractivity contribution is -0.117. The molecule has 2 heteroatoms. The molecule has 1 amide bonds. The molecule has 1 N–H and O–H groups in total. The van der Waals surface area contributed by atoms with Gasteiger partial charge in [-0.1, -0.05) is 18.2 Å². The molecular formula is C11H17NO. The van der Waals surface area contributed by atoms with Crippen LogP contribution in [0.15, 0.2) is 24.3 Å².